The highest BCUT2D eigenvalue weighted by molar-refractivity contribution is 5.97. The van der Waals surface area contributed by atoms with Crippen LogP contribution >= 0.6 is 0 Å². The highest BCUT2D eigenvalue weighted by Crippen LogP contribution is 2.64. The standard InChI is InChI=1S/C39H47N3O12/c1-37(2)20-49-35(47)32(37)51-27(44)14-9-21-6-3-4-7-22(21)19-42-30-34(46)50-26-18-38(30,36(48)41-16-5-8-25(41)33(45)40-15-17-43)31(54-42)29-28(26)52-39(53-29,23-10-11-23)24-12-13-24/h3-4,6-7,9,14,23-26,28-32,43H,5,8,10-13,15-20H2,1-2H3,(H,40,45)/t25-,26+,28+,29+,30+,31-,32+,38+/m1/s1. The van der Waals surface area contributed by atoms with Crippen molar-refractivity contribution in [2.75, 3.05) is 26.3 Å². The zero-order chi connectivity index (χ0) is 37.6. The molecule has 3 saturated carbocycles. The van der Waals surface area contributed by atoms with Crippen LogP contribution < -0.4 is 5.32 Å². The molecular weight excluding hydrogens is 702 g/mol. The van der Waals surface area contributed by atoms with Gasteiger partial charge in [-0.05, 0) is 55.7 Å². The average molecular weight is 750 g/mol. The van der Waals surface area contributed by atoms with Crippen LogP contribution in [0.3, 0.4) is 0 Å². The van der Waals surface area contributed by atoms with E-state index in [1.807, 2.05) is 12.1 Å². The lowest BCUT2D eigenvalue weighted by Gasteiger charge is -2.50. The Morgan fingerprint density at radius 3 is 2.46 bits per heavy atom. The summed E-state index contributed by atoms with van der Waals surface area (Å²) >= 11 is 0. The van der Waals surface area contributed by atoms with Gasteiger partial charge in [0.15, 0.2) is 11.8 Å². The highest BCUT2D eigenvalue weighted by Gasteiger charge is 2.78. The van der Waals surface area contributed by atoms with E-state index in [1.54, 1.807) is 37.0 Å². The SMILES string of the molecule is CC1(C)COC(=O)[C@@H]1OC(=O)C=Cc1ccccc1CN1O[C@@H]2[C@H]3OC(C4CC4)(C4CC4)O[C@H]3[C@@H]3C[C@]2(C(=O)N2CCC[C@@H]2C(=O)NCCO)[C@@H]1C(=O)O3. The Hall–Kier alpha value is -3.89. The number of hydroxylamine groups is 2. The maximum Gasteiger partial charge on any atom is 0.348 e. The molecule has 5 saturated heterocycles. The molecule has 8 aliphatic rings. The van der Waals surface area contributed by atoms with Crippen LogP contribution in [0.2, 0.25) is 0 Å². The summed E-state index contributed by atoms with van der Waals surface area (Å²) in [5, 5.41) is 13.6. The summed E-state index contributed by atoms with van der Waals surface area (Å²) in [6.07, 6.45) is 3.94. The Labute approximate surface area is 312 Å². The number of aliphatic hydroxyl groups is 1. The van der Waals surface area contributed by atoms with Crippen molar-refractivity contribution in [3.63, 3.8) is 0 Å². The van der Waals surface area contributed by atoms with Gasteiger partial charge in [-0.2, -0.15) is 5.06 Å². The first-order chi connectivity index (χ1) is 26.0. The number of benzene rings is 1. The molecule has 1 aromatic carbocycles. The van der Waals surface area contributed by atoms with Crippen LogP contribution in [0.4, 0.5) is 0 Å². The zero-order valence-corrected chi connectivity index (χ0v) is 30.5. The minimum Gasteiger partial charge on any atom is -0.462 e. The smallest absolute Gasteiger partial charge is 0.348 e. The predicted octanol–water partition coefficient (Wildman–Crippen LogP) is 1.39. The van der Waals surface area contributed by atoms with Crippen molar-refractivity contribution in [3.05, 3.63) is 41.5 Å². The summed E-state index contributed by atoms with van der Waals surface area (Å²) in [4.78, 5) is 76.3. The van der Waals surface area contributed by atoms with Gasteiger partial charge in [0, 0.05) is 42.8 Å². The maximum absolute atomic E-state index is 15.2. The lowest BCUT2D eigenvalue weighted by molar-refractivity contribution is -0.235. The van der Waals surface area contributed by atoms with E-state index >= 15 is 4.79 Å². The topological polar surface area (TPSA) is 179 Å². The third-order valence-electron chi connectivity index (χ3n) is 12.6. The first-order valence-electron chi connectivity index (χ1n) is 19.3. The Bertz CT molecular complexity index is 1760. The third kappa shape index (κ3) is 5.68. The molecule has 54 heavy (non-hydrogen) atoms. The second-order valence-electron chi connectivity index (χ2n) is 16.8. The van der Waals surface area contributed by atoms with Gasteiger partial charge < -0.3 is 39.0 Å². The fraction of sp³-hybridized carbons (Fsp3) is 0.667. The number of hydrogen-bond acceptors (Lipinski definition) is 13. The van der Waals surface area contributed by atoms with Gasteiger partial charge in [0.1, 0.15) is 42.5 Å². The third-order valence-corrected chi connectivity index (χ3v) is 12.6. The first-order valence-corrected chi connectivity index (χ1v) is 19.3. The molecule has 1 aromatic rings. The second kappa shape index (κ2) is 13.1. The van der Waals surface area contributed by atoms with Gasteiger partial charge in [0.2, 0.25) is 17.9 Å². The van der Waals surface area contributed by atoms with Gasteiger partial charge in [-0.15, -0.1) is 0 Å². The summed E-state index contributed by atoms with van der Waals surface area (Å²) in [6, 6.07) is 5.34. The van der Waals surface area contributed by atoms with E-state index in [-0.39, 0.29) is 56.4 Å². The number of rotatable bonds is 11. The summed E-state index contributed by atoms with van der Waals surface area (Å²) in [5.41, 5.74) is -0.786. The predicted molar refractivity (Wildman–Crippen MR) is 184 cm³/mol. The maximum atomic E-state index is 15.2. The number of ether oxygens (including phenoxy) is 5. The molecule has 0 unspecified atom stereocenters. The number of aliphatic hydroxyl groups excluding tert-OH is 1. The molecule has 0 spiro atoms. The molecule has 0 aromatic heterocycles. The number of carbonyl (C=O) groups excluding carboxylic acids is 5. The van der Waals surface area contributed by atoms with Crippen LogP contribution in [0.5, 0.6) is 0 Å². The normalized spacial score (nSPS) is 36.2. The molecule has 3 aliphatic carbocycles. The zero-order valence-electron chi connectivity index (χ0n) is 30.5. The molecule has 5 aliphatic heterocycles. The number of amides is 2. The van der Waals surface area contributed by atoms with Crippen LogP contribution in [0.15, 0.2) is 30.3 Å². The molecule has 5 heterocycles. The van der Waals surface area contributed by atoms with E-state index in [2.05, 4.69) is 5.32 Å². The molecule has 9 rings (SSSR count). The summed E-state index contributed by atoms with van der Waals surface area (Å²) < 4.78 is 30.6. The summed E-state index contributed by atoms with van der Waals surface area (Å²) in [6.45, 7) is 3.94. The van der Waals surface area contributed by atoms with E-state index in [1.165, 1.54) is 11.1 Å². The molecule has 8 fully saturated rings. The second-order valence-corrected chi connectivity index (χ2v) is 16.8. The molecule has 8 atom stereocenters. The quantitative estimate of drug-likeness (QED) is 0.189. The van der Waals surface area contributed by atoms with Gasteiger partial charge in [-0.25, -0.2) is 9.59 Å². The largest absolute Gasteiger partial charge is 0.462 e. The molecular formula is C39H47N3O12. The Kier molecular flexibility index (Phi) is 8.69. The minimum absolute atomic E-state index is 0.0442. The fourth-order valence-electron chi connectivity index (χ4n) is 9.75. The number of nitrogens with zero attached hydrogens (tertiary/aromatic N) is 2. The molecule has 15 heteroatoms. The Morgan fingerprint density at radius 1 is 1.02 bits per heavy atom. The lowest BCUT2D eigenvalue weighted by atomic mass is 9.62. The highest BCUT2D eigenvalue weighted by atomic mass is 16.8. The van der Waals surface area contributed by atoms with E-state index < -0.39 is 77.1 Å². The molecule has 290 valence electrons. The Morgan fingerprint density at radius 2 is 1.76 bits per heavy atom. The van der Waals surface area contributed by atoms with Crippen molar-refractivity contribution >= 4 is 35.8 Å². The number of cyclic esters (lactones) is 1. The van der Waals surface area contributed by atoms with Gasteiger partial charge in [0.25, 0.3) is 0 Å². The van der Waals surface area contributed by atoms with Crippen molar-refractivity contribution in [2.45, 2.75) is 114 Å². The van der Waals surface area contributed by atoms with Crippen molar-refractivity contribution in [1.29, 1.82) is 0 Å². The number of likely N-dealkylation sites (tertiary alicyclic amines) is 1. The van der Waals surface area contributed by atoms with E-state index in [9.17, 15) is 24.3 Å². The average Bonchev–Trinajstić information content (AvgIpc) is 4.05. The first kappa shape index (κ1) is 35.8. The van der Waals surface area contributed by atoms with E-state index in [0.717, 1.165) is 25.7 Å². The molecule has 2 bridgehead atoms. The molecule has 2 N–H and O–H groups in total. The van der Waals surface area contributed by atoms with Crippen molar-refractivity contribution in [1.82, 2.24) is 15.3 Å². The molecule has 15 nitrogen and oxygen atoms in total. The number of fused-ring (bicyclic) bond motifs is 4. The number of nitrogens with one attached hydrogen (secondary N) is 1. The van der Waals surface area contributed by atoms with Crippen LogP contribution in [0, 0.1) is 22.7 Å². The number of hydrogen-bond donors (Lipinski definition) is 2. The van der Waals surface area contributed by atoms with Crippen molar-refractivity contribution in [3.8, 4) is 0 Å². The van der Waals surface area contributed by atoms with Gasteiger partial charge in [-0.3, -0.25) is 19.2 Å². The van der Waals surface area contributed by atoms with Crippen LogP contribution in [0.25, 0.3) is 6.08 Å². The Balaban J connectivity index is 1.04. The van der Waals surface area contributed by atoms with Crippen LogP contribution in [0.1, 0.15) is 69.9 Å². The van der Waals surface area contributed by atoms with Crippen molar-refractivity contribution in [2.24, 2.45) is 22.7 Å². The fourth-order valence-corrected chi connectivity index (χ4v) is 9.75. The van der Waals surface area contributed by atoms with E-state index in [0.29, 0.717) is 30.5 Å². The monoisotopic (exact) mass is 749 g/mol. The summed E-state index contributed by atoms with van der Waals surface area (Å²) in [7, 11) is 0. The molecule has 2 amide bonds. The lowest BCUT2D eigenvalue weighted by Crippen LogP contribution is -2.70. The number of carbonyl (C=O) groups is 5. The minimum atomic E-state index is -1.44. The van der Waals surface area contributed by atoms with Crippen molar-refractivity contribution < 1.29 is 57.6 Å². The van der Waals surface area contributed by atoms with E-state index in [4.69, 9.17) is 28.5 Å². The van der Waals surface area contributed by atoms with Crippen LogP contribution in [-0.2, 0) is 59.0 Å². The van der Waals surface area contributed by atoms with Gasteiger partial charge in [-0.1, -0.05) is 38.1 Å². The van der Waals surface area contributed by atoms with Gasteiger partial charge in [0.05, 0.1) is 13.2 Å². The number of esters is 3. The van der Waals surface area contributed by atoms with Gasteiger partial charge >= 0.3 is 17.9 Å². The van der Waals surface area contributed by atoms with Crippen LogP contribution in [-0.4, -0.2) is 119 Å². The summed E-state index contributed by atoms with van der Waals surface area (Å²) in [5.74, 6) is -2.98. The molecule has 0 radical (unpaired) electrons.